The lowest BCUT2D eigenvalue weighted by Crippen LogP contribution is -2.28. The van der Waals surface area contributed by atoms with Gasteiger partial charge in [0.15, 0.2) is 0 Å². The molecular weight excluding hydrogens is 323 g/mol. The van der Waals surface area contributed by atoms with E-state index in [1.165, 1.54) is 12.1 Å². The van der Waals surface area contributed by atoms with Gasteiger partial charge >= 0.3 is 6.36 Å². The standard InChI is InChI=1S/C13H17BrF3NO/c1-2-11(7-8-14)18-9-10-3-5-12(6-4-10)19-13(15,16)17/h3-6,11,18H,2,7-9H2,1H3. The van der Waals surface area contributed by atoms with Crippen molar-refractivity contribution in [2.24, 2.45) is 0 Å². The van der Waals surface area contributed by atoms with Crippen molar-refractivity contribution in [1.82, 2.24) is 5.32 Å². The molecule has 1 aromatic carbocycles. The Morgan fingerprint density at radius 2 is 1.89 bits per heavy atom. The highest BCUT2D eigenvalue weighted by atomic mass is 79.9. The Balaban J connectivity index is 2.48. The number of halogens is 4. The SMILES string of the molecule is CCC(CCBr)NCc1ccc(OC(F)(F)F)cc1. The zero-order chi connectivity index (χ0) is 14.3. The summed E-state index contributed by atoms with van der Waals surface area (Å²) in [5.74, 6) is -0.191. The molecule has 0 spiro atoms. The van der Waals surface area contributed by atoms with Crippen LogP contribution in [0.3, 0.4) is 0 Å². The molecule has 0 saturated heterocycles. The van der Waals surface area contributed by atoms with E-state index in [4.69, 9.17) is 0 Å². The molecule has 1 unspecified atom stereocenters. The predicted octanol–water partition coefficient (Wildman–Crippen LogP) is 4.24. The predicted molar refractivity (Wildman–Crippen MR) is 72.5 cm³/mol. The summed E-state index contributed by atoms with van der Waals surface area (Å²) in [6.07, 6.45) is -2.60. The maximum atomic E-state index is 12.0. The largest absolute Gasteiger partial charge is 0.573 e. The van der Waals surface area contributed by atoms with E-state index in [0.717, 1.165) is 23.7 Å². The molecule has 0 heterocycles. The Morgan fingerprint density at radius 1 is 1.26 bits per heavy atom. The maximum Gasteiger partial charge on any atom is 0.573 e. The minimum absolute atomic E-state index is 0.191. The van der Waals surface area contributed by atoms with Gasteiger partial charge in [0.1, 0.15) is 5.75 Å². The second kappa shape index (κ2) is 7.75. The van der Waals surface area contributed by atoms with Crippen molar-refractivity contribution >= 4 is 15.9 Å². The molecule has 19 heavy (non-hydrogen) atoms. The fraction of sp³-hybridized carbons (Fsp3) is 0.538. The van der Waals surface area contributed by atoms with Gasteiger partial charge < -0.3 is 10.1 Å². The van der Waals surface area contributed by atoms with Crippen molar-refractivity contribution in [1.29, 1.82) is 0 Å². The number of hydrogen-bond donors (Lipinski definition) is 1. The fourth-order valence-corrected chi connectivity index (χ4v) is 2.21. The fourth-order valence-electron chi connectivity index (χ4n) is 1.65. The minimum atomic E-state index is -4.64. The van der Waals surface area contributed by atoms with Crippen molar-refractivity contribution in [3.63, 3.8) is 0 Å². The van der Waals surface area contributed by atoms with Gasteiger partial charge in [-0.05, 0) is 30.5 Å². The van der Waals surface area contributed by atoms with Gasteiger partial charge in [-0.15, -0.1) is 13.2 Å². The third-order valence-electron chi connectivity index (χ3n) is 2.70. The van der Waals surface area contributed by atoms with Gasteiger partial charge in [-0.2, -0.15) is 0 Å². The van der Waals surface area contributed by atoms with Gasteiger partial charge in [0.2, 0.25) is 0 Å². The Bertz CT molecular complexity index is 367. The zero-order valence-electron chi connectivity index (χ0n) is 10.6. The van der Waals surface area contributed by atoms with E-state index in [-0.39, 0.29) is 5.75 Å². The average molecular weight is 340 g/mol. The van der Waals surface area contributed by atoms with E-state index >= 15 is 0 Å². The van der Waals surface area contributed by atoms with Crippen molar-refractivity contribution in [3.8, 4) is 5.75 Å². The van der Waals surface area contributed by atoms with E-state index in [9.17, 15) is 13.2 Å². The first-order valence-corrected chi connectivity index (χ1v) is 7.20. The quantitative estimate of drug-likeness (QED) is 0.750. The van der Waals surface area contributed by atoms with Crippen LogP contribution in [0, 0.1) is 0 Å². The molecule has 108 valence electrons. The van der Waals surface area contributed by atoms with Gasteiger partial charge in [-0.3, -0.25) is 0 Å². The van der Waals surface area contributed by atoms with Gasteiger partial charge in [0.25, 0.3) is 0 Å². The number of rotatable bonds is 7. The van der Waals surface area contributed by atoms with Gasteiger partial charge in [0, 0.05) is 17.9 Å². The summed E-state index contributed by atoms with van der Waals surface area (Å²) in [6.45, 7) is 2.73. The molecule has 0 aliphatic heterocycles. The van der Waals surface area contributed by atoms with E-state index in [2.05, 4.69) is 32.9 Å². The Labute approximate surface area is 119 Å². The molecule has 0 radical (unpaired) electrons. The highest BCUT2D eigenvalue weighted by Crippen LogP contribution is 2.22. The third-order valence-corrected chi connectivity index (χ3v) is 3.16. The molecule has 1 aromatic rings. The monoisotopic (exact) mass is 339 g/mol. The molecule has 1 atom stereocenters. The number of alkyl halides is 4. The van der Waals surface area contributed by atoms with Crippen molar-refractivity contribution < 1.29 is 17.9 Å². The lowest BCUT2D eigenvalue weighted by atomic mass is 10.1. The second-order valence-electron chi connectivity index (χ2n) is 4.16. The number of ether oxygens (including phenoxy) is 1. The Morgan fingerprint density at radius 3 is 2.37 bits per heavy atom. The maximum absolute atomic E-state index is 12.0. The molecule has 0 saturated carbocycles. The molecule has 2 nitrogen and oxygen atoms in total. The number of benzene rings is 1. The van der Waals surface area contributed by atoms with Crippen LogP contribution in [0.15, 0.2) is 24.3 Å². The van der Waals surface area contributed by atoms with Crippen LogP contribution in [-0.4, -0.2) is 17.7 Å². The molecular formula is C13H17BrF3NO. The van der Waals surface area contributed by atoms with Gasteiger partial charge in [-0.25, -0.2) is 0 Å². The van der Waals surface area contributed by atoms with Gasteiger partial charge in [-0.1, -0.05) is 35.0 Å². The van der Waals surface area contributed by atoms with E-state index in [1.54, 1.807) is 12.1 Å². The molecule has 0 aliphatic rings. The molecule has 0 aromatic heterocycles. The van der Waals surface area contributed by atoms with Crippen LogP contribution in [0.1, 0.15) is 25.3 Å². The molecule has 1 rings (SSSR count). The van der Waals surface area contributed by atoms with Crippen LogP contribution in [0.4, 0.5) is 13.2 Å². The summed E-state index contributed by atoms with van der Waals surface area (Å²) < 4.78 is 39.8. The average Bonchev–Trinajstić information content (AvgIpc) is 2.34. The molecule has 6 heteroatoms. The van der Waals surface area contributed by atoms with E-state index in [0.29, 0.717) is 12.6 Å². The Kier molecular flexibility index (Phi) is 6.65. The highest BCUT2D eigenvalue weighted by Gasteiger charge is 2.30. The van der Waals surface area contributed by atoms with Crippen LogP contribution < -0.4 is 10.1 Å². The molecule has 0 bridgehead atoms. The third kappa shape index (κ3) is 6.82. The lowest BCUT2D eigenvalue weighted by molar-refractivity contribution is -0.274. The van der Waals surface area contributed by atoms with Crippen LogP contribution in [0.2, 0.25) is 0 Å². The smallest absolute Gasteiger partial charge is 0.406 e. The Hall–Kier alpha value is -0.750. The highest BCUT2D eigenvalue weighted by molar-refractivity contribution is 9.09. The molecule has 1 N–H and O–H groups in total. The minimum Gasteiger partial charge on any atom is -0.406 e. The molecule has 0 amide bonds. The van der Waals surface area contributed by atoms with Crippen molar-refractivity contribution in [2.75, 3.05) is 5.33 Å². The lowest BCUT2D eigenvalue weighted by Gasteiger charge is -2.16. The topological polar surface area (TPSA) is 21.3 Å². The number of hydrogen-bond acceptors (Lipinski definition) is 2. The van der Waals surface area contributed by atoms with Crippen LogP contribution in [0.25, 0.3) is 0 Å². The second-order valence-corrected chi connectivity index (χ2v) is 4.95. The summed E-state index contributed by atoms with van der Waals surface area (Å²) in [6, 6.07) is 6.33. The number of nitrogens with one attached hydrogen (secondary N) is 1. The van der Waals surface area contributed by atoms with Crippen LogP contribution in [0.5, 0.6) is 5.75 Å². The van der Waals surface area contributed by atoms with E-state index in [1.807, 2.05) is 0 Å². The van der Waals surface area contributed by atoms with Crippen molar-refractivity contribution in [2.45, 2.75) is 38.7 Å². The molecule has 0 aliphatic carbocycles. The zero-order valence-corrected chi connectivity index (χ0v) is 12.2. The summed E-state index contributed by atoms with van der Waals surface area (Å²) in [5.41, 5.74) is 0.933. The van der Waals surface area contributed by atoms with Gasteiger partial charge in [0.05, 0.1) is 0 Å². The molecule has 0 fully saturated rings. The first-order valence-electron chi connectivity index (χ1n) is 6.08. The summed E-state index contributed by atoms with van der Waals surface area (Å²) in [4.78, 5) is 0. The first kappa shape index (κ1) is 16.3. The van der Waals surface area contributed by atoms with Crippen molar-refractivity contribution in [3.05, 3.63) is 29.8 Å². The van der Waals surface area contributed by atoms with Crippen LogP contribution in [-0.2, 0) is 6.54 Å². The van der Waals surface area contributed by atoms with E-state index < -0.39 is 6.36 Å². The summed E-state index contributed by atoms with van der Waals surface area (Å²) >= 11 is 3.39. The summed E-state index contributed by atoms with van der Waals surface area (Å²) in [5, 5.41) is 4.29. The summed E-state index contributed by atoms with van der Waals surface area (Å²) in [7, 11) is 0. The van der Waals surface area contributed by atoms with Crippen LogP contribution >= 0.6 is 15.9 Å². The normalized spacial score (nSPS) is 13.3. The first-order chi connectivity index (χ1) is 8.94.